The highest BCUT2D eigenvalue weighted by Gasteiger charge is 2.17. The summed E-state index contributed by atoms with van der Waals surface area (Å²) < 4.78 is 0. The molecule has 10 heteroatoms. The summed E-state index contributed by atoms with van der Waals surface area (Å²) in [5.74, 6) is 0.540. The van der Waals surface area contributed by atoms with E-state index in [1.807, 2.05) is 24.3 Å². The van der Waals surface area contributed by atoms with E-state index >= 15 is 0 Å². The molecule has 0 saturated carbocycles. The van der Waals surface area contributed by atoms with E-state index in [2.05, 4.69) is 40.4 Å². The standard InChI is InChI=1S/C25H19N9O/c1-2-22(35)30-16-6-15(9-27-10-16)19-7-17-20(13-29-19)33-34-24(17)25-31-21-12-28-11-18(23(21)32-25)14-4-3-5-26-8-14/h3-13H,2H2,1H3,(H,30,35)(H,31,32)(H,33,34). The molecule has 0 radical (unpaired) electrons. The number of hydrogen-bond acceptors (Lipinski definition) is 7. The maximum atomic E-state index is 11.8. The lowest BCUT2D eigenvalue weighted by Crippen LogP contribution is -2.09. The van der Waals surface area contributed by atoms with Gasteiger partial charge in [-0.1, -0.05) is 13.0 Å². The van der Waals surface area contributed by atoms with Crippen molar-refractivity contribution in [2.45, 2.75) is 13.3 Å². The average molecular weight is 461 g/mol. The van der Waals surface area contributed by atoms with Gasteiger partial charge in [-0.2, -0.15) is 5.10 Å². The summed E-state index contributed by atoms with van der Waals surface area (Å²) in [6.07, 6.45) is 12.5. The minimum absolute atomic E-state index is 0.0745. The number of fused-ring (bicyclic) bond motifs is 2. The van der Waals surface area contributed by atoms with Gasteiger partial charge in [-0.25, -0.2) is 4.98 Å². The maximum Gasteiger partial charge on any atom is 0.224 e. The third-order valence-corrected chi connectivity index (χ3v) is 5.68. The molecule has 10 nitrogen and oxygen atoms in total. The fourth-order valence-corrected chi connectivity index (χ4v) is 3.93. The van der Waals surface area contributed by atoms with Crippen LogP contribution in [0.4, 0.5) is 5.69 Å². The number of amides is 1. The Morgan fingerprint density at radius 3 is 2.71 bits per heavy atom. The van der Waals surface area contributed by atoms with E-state index in [1.165, 1.54) is 0 Å². The molecule has 0 atom stereocenters. The predicted molar refractivity (Wildman–Crippen MR) is 132 cm³/mol. The van der Waals surface area contributed by atoms with Gasteiger partial charge in [0.05, 0.1) is 41.0 Å². The Hall–Kier alpha value is -4.99. The van der Waals surface area contributed by atoms with E-state index in [0.29, 0.717) is 29.3 Å². The first-order valence-electron chi connectivity index (χ1n) is 11.0. The van der Waals surface area contributed by atoms with Gasteiger partial charge in [-0.05, 0) is 18.2 Å². The highest BCUT2D eigenvalue weighted by atomic mass is 16.1. The number of carbonyl (C=O) groups excluding carboxylic acids is 1. The highest BCUT2D eigenvalue weighted by Crippen LogP contribution is 2.32. The number of rotatable bonds is 5. The second-order valence-corrected chi connectivity index (χ2v) is 7.96. The van der Waals surface area contributed by atoms with Gasteiger partial charge in [0.1, 0.15) is 11.2 Å². The number of imidazole rings is 1. The van der Waals surface area contributed by atoms with Gasteiger partial charge in [0.2, 0.25) is 5.91 Å². The number of hydrogen-bond donors (Lipinski definition) is 3. The minimum Gasteiger partial charge on any atom is -0.335 e. The molecule has 6 aromatic rings. The smallest absolute Gasteiger partial charge is 0.224 e. The van der Waals surface area contributed by atoms with Crippen molar-refractivity contribution in [2.24, 2.45) is 0 Å². The number of pyridine rings is 4. The summed E-state index contributed by atoms with van der Waals surface area (Å²) in [7, 11) is 0. The van der Waals surface area contributed by atoms with Gasteiger partial charge in [0.25, 0.3) is 0 Å². The number of aromatic amines is 2. The summed E-state index contributed by atoms with van der Waals surface area (Å²) in [6, 6.07) is 7.64. The Morgan fingerprint density at radius 2 is 1.86 bits per heavy atom. The summed E-state index contributed by atoms with van der Waals surface area (Å²) in [5, 5.41) is 11.2. The van der Waals surface area contributed by atoms with Gasteiger partial charge in [-0.15, -0.1) is 0 Å². The molecular weight excluding hydrogens is 442 g/mol. The third kappa shape index (κ3) is 3.76. The largest absolute Gasteiger partial charge is 0.335 e. The Morgan fingerprint density at radius 1 is 0.971 bits per heavy atom. The lowest BCUT2D eigenvalue weighted by molar-refractivity contribution is -0.115. The Balaban J connectivity index is 1.43. The van der Waals surface area contributed by atoms with E-state index in [9.17, 15) is 4.79 Å². The molecular formula is C25H19N9O. The van der Waals surface area contributed by atoms with Gasteiger partial charge in [0, 0.05) is 53.3 Å². The molecule has 0 fully saturated rings. The van der Waals surface area contributed by atoms with Crippen LogP contribution in [-0.2, 0) is 4.79 Å². The van der Waals surface area contributed by atoms with Crippen molar-refractivity contribution in [3.8, 4) is 33.9 Å². The third-order valence-electron chi connectivity index (χ3n) is 5.68. The van der Waals surface area contributed by atoms with Crippen molar-refractivity contribution in [1.29, 1.82) is 0 Å². The van der Waals surface area contributed by atoms with Crippen LogP contribution in [0.2, 0.25) is 0 Å². The molecule has 6 rings (SSSR count). The molecule has 6 heterocycles. The first-order chi connectivity index (χ1) is 17.2. The monoisotopic (exact) mass is 461 g/mol. The van der Waals surface area contributed by atoms with Crippen LogP contribution >= 0.6 is 0 Å². The normalized spacial score (nSPS) is 11.2. The summed E-state index contributed by atoms with van der Waals surface area (Å²) in [6.45, 7) is 1.80. The molecule has 0 unspecified atom stereocenters. The Labute approximate surface area is 198 Å². The van der Waals surface area contributed by atoms with E-state index in [1.54, 1.807) is 50.3 Å². The molecule has 0 bridgehead atoms. The van der Waals surface area contributed by atoms with E-state index in [-0.39, 0.29) is 5.91 Å². The fraction of sp³-hybridized carbons (Fsp3) is 0.0800. The molecule has 0 spiro atoms. The molecule has 35 heavy (non-hydrogen) atoms. The molecule has 0 aliphatic carbocycles. The van der Waals surface area contributed by atoms with Crippen LogP contribution in [0.15, 0.2) is 67.6 Å². The van der Waals surface area contributed by atoms with Crippen LogP contribution in [0, 0.1) is 0 Å². The van der Waals surface area contributed by atoms with Crippen LogP contribution in [0.25, 0.3) is 55.8 Å². The van der Waals surface area contributed by atoms with E-state index in [0.717, 1.165) is 38.6 Å². The van der Waals surface area contributed by atoms with Gasteiger partial charge in [-0.3, -0.25) is 29.8 Å². The number of anilines is 1. The molecule has 0 saturated heterocycles. The Bertz CT molecular complexity index is 1690. The van der Waals surface area contributed by atoms with Gasteiger partial charge >= 0.3 is 0 Å². The molecule has 6 aromatic heterocycles. The quantitative estimate of drug-likeness (QED) is 0.346. The summed E-state index contributed by atoms with van der Waals surface area (Å²) in [4.78, 5) is 37.3. The number of carbonyl (C=O) groups is 1. The lowest BCUT2D eigenvalue weighted by atomic mass is 10.1. The van der Waals surface area contributed by atoms with Crippen molar-refractivity contribution in [3.63, 3.8) is 0 Å². The van der Waals surface area contributed by atoms with Crippen LogP contribution < -0.4 is 5.32 Å². The SMILES string of the molecule is CCC(=O)Nc1cncc(-c2cc3c(-c4nc5c(-c6cccnc6)cncc5[nH]4)n[nH]c3cn2)c1. The molecule has 3 N–H and O–H groups in total. The minimum atomic E-state index is -0.0745. The zero-order valence-corrected chi connectivity index (χ0v) is 18.6. The molecule has 0 aromatic carbocycles. The van der Waals surface area contributed by atoms with Crippen LogP contribution in [-0.4, -0.2) is 46.0 Å². The number of aromatic nitrogens is 8. The topological polar surface area (TPSA) is 138 Å². The molecule has 0 aliphatic heterocycles. The number of nitrogens with one attached hydrogen (secondary N) is 3. The second-order valence-electron chi connectivity index (χ2n) is 7.96. The maximum absolute atomic E-state index is 11.8. The van der Waals surface area contributed by atoms with Crippen molar-refractivity contribution in [3.05, 3.63) is 67.6 Å². The van der Waals surface area contributed by atoms with Crippen molar-refractivity contribution in [2.75, 3.05) is 5.32 Å². The summed E-state index contributed by atoms with van der Waals surface area (Å²) in [5.41, 5.74) is 6.96. The second kappa shape index (κ2) is 8.41. The van der Waals surface area contributed by atoms with Gasteiger partial charge < -0.3 is 10.3 Å². The zero-order chi connectivity index (χ0) is 23.8. The van der Waals surface area contributed by atoms with Crippen molar-refractivity contribution >= 4 is 33.5 Å². The highest BCUT2D eigenvalue weighted by molar-refractivity contribution is 5.97. The number of H-pyrrole nitrogens is 2. The fourth-order valence-electron chi connectivity index (χ4n) is 3.93. The molecule has 170 valence electrons. The molecule has 0 aliphatic rings. The average Bonchev–Trinajstić information content (AvgIpc) is 3.53. The predicted octanol–water partition coefficient (Wildman–Crippen LogP) is 4.37. The Kier molecular flexibility index (Phi) is 4.95. The zero-order valence-electron chi connectivity index (χ0n) is 18.6. The summed E-state index contributed by atoms with van der Waals surface area (Å²) >= 11 is 0. The van der Waals surface area contributed by atoms with Crippen LogP contribution in [0.3, 0.4) is 0 Å². The van der Waals surface area contributed by atoms with Crippen molar-refractivity contribution < 1.29 is 4.79 Å². The van der Waals surface area contributed by atoms with Gasteiger partial charge in [0.15, 0.2) is 5.82 Å². The van der Waals surface area contributed by atoms with E-state index < -0.39 is 0 Å². The van der Waals surface area contributed by atoms with E-state index in [4.69, 9.17) is 4.98 Å². The number of nitrogens with zero attached hydrogens (tertiary/aromatic N) is 6. The first-order valence-corrected chi connectivity index (χ1v) is 11.0. The van der Waals surface area contributed by atoms with Crippen LogP contribution in [0.5, 0.6) is 0 Å². The first kappa shape index (κ1) is 20.6. The van der Waals surface area contributed by atoms with Crippen molar-refractivity contribution in [1.82, 2.24) is 40.1 Å². The lowest BCUT2D eigenvalue weighted by Gasteiger charge is -2.06. The molecule has 1 amide bonds. The van der Waals surface area contributed by atoms with Crippen LogP contribution in [0.1, 0.15) is 13.3 Å².